The molecule has 9 heteroatoms. The summed E-state index contributed by atoms with van der Waals surface area (Å²) in [6.45, 7) is 2.03. The highest BCUT2D eigenvalue weighted by atomic mass is 32.1. The van der Waals surface area contributed by atoms with Crippen LogP contribution in [0.4, 0.5) is 18.3 Å². The molecule has 0 saturated heterocycles. The van der Waals surface area contributed by atoms with E-state index < -0.39 is 24.7 Å². The van der Waals surface area contributed by atoms with Crippen LogP contribution in [-0.4, -0.2) is 34.0 Å². The topological polar surface area (TPSA) is 66.9 Å². The number of aryl methyl sites for hydroxylation is 1. The highest BCUT2D eigenvalue weighted by molar-refractivity contribution is 7.09. The monoisotopic (exact) mass is 344 g/mol. The minimum absolute atomic E-state index is 0.373. The van der Waals surface area contributed by atoms with Crippen LogP contribution >= 0.6 is 11.5 Å². The highest BCUT2D eigenvalue weighted by Gasteiger charge is 2.28. The molecule has 1 heterocycles. The maximum atomic E-state index is 12.1. The van der Waals surface area contributed by atoms with Crippen molar-refractivity contribution in [2.45, 2.75) is 26.1 Å². The second-order valence-electron chi connectivity index (χ2n) is 4.94. The zero-order valence-corrected chi connectivity index (χ0v) is 13.3. The molecule has 1 aromatic heterocycles. The van der Waals surface area contributed by atoms with Gasteiger partial charge in [0, 0.05) is 17.1 Å². The minimum Gasteiger partial charge on any atom is -0.349 e. The Kier molecular flexibility index (Phi) is 5.19. The van der Waals surface area contributed by atoms with Crippen LogP contribution in [0.1, 0.15) is 12.5 Å². The SMILES string of the molecule is Cc1ccccc1-c1nsc(NC(C)C(=O)NCC(F)(F)F)n1. The van der Waals surface area contributed by atoms with E-state index in [4.69, 9.17) is 0 Å². The van der Waals surface area contributed by atoms with Crippen LogP contribution in [0.25, 0.3) is 11.4 Å². The Morgan fingerprint density at radius 2 is 2.04 bits per heavy atom. The Balaban J connectivity index is 1.99. The number of carbonyl (C=O) groups excluding carboxylic acids is 1. The number of anilines is 1. The van der Waals surface area contributed by atoms with E-state index in [-0.39, 0.29) is 0 Å². The third kappa shape index (κ3) is 4.92. The Bertz CT molecular complexity index is 687. The van der Waals surface area contributed by atoms with E-state index in [2.05, 4.69) is 14.7 Å². The minimum atomic E-state index is -4.43. The molecule has 0 aliphatic carbocycles. The first-order valence-corrected chi connectivity index (χ1v) is 7.54. The van der Waals surface area contributed by atoms with Crippen molar-refractivity contribution >= 4 is 22.6 Å². The summed E-state index contributed by atoms with van der Waals surface area (Å²) in [7, 11) is 0. The summed E-state index contributed by atoms with van der Waals surface area (Å²) in [6, 6.07) is 6.72. The number of halogens is 3. The molecule has 0 saturated carbocycles. The van der Waals surface area contributed by atoms with Gasteiger partial charge in [0.05, 0.1) is 0 Å². The van der Waals surface area contributed by atoms with Gasteiger partial charge in [-0.15, -0.1) is 0 Å². The normalized spacial score (nSPS) is 12.7. The molecule has 0 spiro atoms. The quantitative estimate of drug-likeness (QED) is 0.875. The van der Waals surface area contributed by atoms with Crippen LogP contribution < -0.4 is 10.6 Å². The van der Waals surface area contributed by atoms with E-state index in [1.165, 1.54) is 6.92 Å². The number of carbonyl (C=O) groups is 1. The average Bonchev–Trinajstić information content (AvgIpc) is 2.92. The third-order valence-electron chi connectivity index (χ3n) is 3.01. The molecular formula is C14H15F3N4OS. The second kappa shape index (κ2) is 6.95. The zero-order chi connectivity index (χ0) is 17.0. The fraction of sp³-hybridized carbons (Fsp3) is 0.357. The van der Waals surface area contributed by atoms with Gasteiger partial charge in [0.25, 0.3) is 0 Å². The van der Waals surface area contributed by atoms with Crippen LogP contribution in [0.3, 0.4) is 0 Å². The van der Waals surface area contributed by atoms with Crippen molar-refractivity contribution in [3.63, 3.8) is 0 Å². The lowest BCUT2D eigenvalue weighted by Crippen LogP contribution is -2.42. The maximum Gasteiger partial charge on any atom is 0.405 e. The van der Waals surface area contributed by atoms with Gasteiger partial charge in [-0.1, -0.05) is 24.3 Å². The van der Waals surface area contributed by atoms with Gasteiger partial charge in [-0.25, -0.2) is 0 Å². The molecule has 2 aromatic rings. The standard InChI is InChI=1S/C14H15F3N4OS/c1-8-5-3-4-6-10(8)11-20-13(23-21-11)19-9(2)12(22)18-7-14(15,16)17/h3-6,9H,7H2,1-2H3,(H,18,22)(H,19,20,21). The molecule has 0 aliphatic rings. The van der Waals surface area contributed by atoms with E-state index in [9.17, 15) is 18.0 Å². The summed E-state index contributed by atoms with van der Waals surface area (Å²) in [6.07, 6.45) is -4.43. The lowest BCUT2D eigenvalue weighted by Gasteiger charge is -2.14. The van der Waals surface area contributed by atoms with Gasteiger partial charge >= 0.3 is 6.18 Å². The molecule has 5 nitrogen and oxygen atoms in total. The van der Waals surface area contributed by atoms with Crippen LogP contribution in [0.5, 0.6) is 0 Å². The van der Waals surface area contributed by atoms with E-state index in [0.29, 0.717) is 11.0 Å². The number of hydrogen-bond donors (Lipinski definition) is 2. The molecule has 0 fully saturated rings. The number of rotatable bonds is 5. The number of alkyl halides is 3. The lowest BCUT2D eigenvalue weighted by atomic mass is 10.1. The van der Waals surface area contributed by atoms with Crippen molar-refractivity contribution in [1.29, 1.82) is 0 Å². The Hall–Kier alpha value is -2.16. The molecule has 2 rings (SSSR count). The Morgan fingerprint density at radius 3 is 2.70 bits per heavy atom. The number of hydrogen-bond acceptors (Lipinski definition) is 5. The van der Waals surface area contributed by atoms with Crippen molar-refractivity contribution in [2.75, 3.05) is 11.9 Å². The first-order chi connectivity index (χ1) is 10.8. The number of amides is 1. The molecule has 1 amide bonds. The van der Waals surface area contributed by atoms with E-state index >= 15 is 0 Å². The van der Waals surface area contributed by atoms with Gasteiger partial charge in [-0.3, -0.25) is 4.79 Å². The molecule has 2 N–H and O–H groups in total. The lowest BCUT2D eigenvalue weighted by molar-refractivity contribution is -0.138. The molecule has 0 bridgehead atoms. The van der Waals surface area contributed by atoms with Crippen LogP contribution in [-0.2, 0) is 4.79 Å². The van der Waals surface area contributed by atoms with Crippen LogP contribution in [0.2, 0.25) is 0 Å². The van der Waals surface area contributed by atoms with E-state index in [0.717, 1.165) is 22.7 Å². The number of benzene rings is 1. The van der Waals surface area contributed by atoms with Crippen LogP contribution in [0.15, 0.2) is 24.3 Å². The fourth-order valence-electron chi connectivity index (χ4n) is 1.81. The Labute approximate surface area is 135 Å². The summed E-state index contributed by atoms with van der Waals surface area (Å²) >= 11 is 1.05. The van der Waals surface area contributed by atoms with Gasteiger partial charge < -0.3 is 10.6 Å². The van der Waals surface area contributed by atoms with Gasteiger partial charge in [-0.2, -0.15) is 22.5 Å². The molecular weight excluding hydrogens is 329 g/mol. The maximum absolute atomic E-state index is 12.1. The summed E-state index contributed by atoms with van der Waals surface area (Å²) in [5.41, 5.74) is 1.87. The van der Waals surface area contributed by atoms with Gasteiger partial charge in [0.2, 0.25) is 11.0 Å². The van der Waals surface area contributed by atoms with Gasteiger partial charge in [0.15, 0.2) is 5.82 Å². The predicted molar refractivity (Wildman–Crippen MR) is 82.2 cm³/mol. The van der Waals surface area contributed by atoms with Crippen molar-refractivity contribution < 1.29 is 18.0 Å². The zero-order valence-electron chi connectivity index (χ0n) is 12.4. The predicted octanol–water partition coefficient (Wildman–Crippen LogP) is 2.99. The molecule has 124 valence electrons. The van der Waals surface area contributed by atoms with Crippen molar-refractivity contribution in [3.8, 4) is 11.4 Å². The molecule has 1 aromatic carbocycles. The summed E-state index contributed by atoms with van der Waals surface area (Å²) in [5, 5.41) is 4.95. The summed E-state index contributed by atoms with van der Waals surface area (Å²) < 4.78 is 40.4. The van der Waals surface area contributed by atoms with Crippen molar-refractivity contribution in [3.05, 3.63) is 29.8 Å². The van der Waals surface area contributed by atoms with Gasteiger partial charge in [0.1, 0.15) is 12.6 Å². The fourth-order valence-corrected chi connectivity index (χ4v) is 2.48. The largest absolute Gasteiger partial charge is 0.405 e. The highest BCUT2D eigenvalue weighted by Crippen LogP contribution is 2.24. The first-order valence-electron chi connectivity index (χ1n) is 6.77. The first kappa shape index (κ1) is 17.2. The third-order valence-corrected chi connectivity index (χ3v) is 3.65. The second-order valence-corrected chi connectivity index (χ2v) is 5.69. The van der Waals surface area contributed by atoms with Crippen molar-refractivity contribution in [1.82, 2.24) is 14.7 Å². The molecule has 0 aliphatic heterocycles. The summed E-state index contributed by atoms with van der Waals surface area (Å²) in [5.74, 6) is -0.242. The molecule has 23 heavy (non-hydrogen) atoms. The van der Waals surface area contributed by atoms with Crippen molar-refractivity contribution in [2.24, 2.45) is 0 Å². The molecule has 1 atom stereocenters. The molecule has 1 unspecified atom stereocenters. The van der Waals surface area contributed by atoms with Crippen LogP contribution in [0, 0.1) is 6.92 Å². The number of nitrogens with zero attached hydrogens (tertiary/aromatic N) is 2. The Morgan fingerprint density at radius 1 is 1.35 bits per heavy atom. The summed E-state index contributed by atoms with van der Waals surface area (Å²) in [4.78, 5) is 15.9. The smallest absolute Gasteiger partial charge is 0.349 e. The average molecular weight is 344 g/mol. The van der Waals surface area contributed by atoms with E-state index in [1.54, 1.807) is 0 Å². The molecule has 0 radical (unpaired) electrons. The van der Waals surface area contributed by atoms with E-state index in [1.807, 2.05) is 36.5 Å². The van der Waals surface area contributed by atoms with Gasteiger partial charge in [-0.05, 0) is 19.4 Å². The number of aromatic nitrogens is 2. The number of nitrogens with one attached hydrogen (secondary N) is 2.